The summed E-state index contributed by atoms with van der Waals surface area (Å²) in [5.74, 6) is -0.764. The van der Waals surface area contributed by atoms with Crippen LogP contribution in [0.5, 0.6) is 0 Å². The van der Waals surface area contributed by atoms with Crippen LogP contribution in [0.1, 0.15) is 31.2 Å². The smallest absolute Gasteiger partial charge is 0.241 e. The molecule has 4 heteroatoms. The summed E-state index contributed by atoms with van der Waals surface area (Å²) in [6, 6.07) is 11.1. The lowest BCUT2D eigenvalue weighted by molar-refractivity contribution is -0.121. The molecule has 0 aromatic heterocycles. The Morgan fingerprint density at radius 3 is 2.68 bits per heavy atom. The Labute approximate surface area is 114 Å². The van der Waals surface area contributed by atoms with Crippen molar-refractivity contribution in [3.63, 3.8) is 0 Å². The number of aliphatic hydroxyl groups is 1. The monoisotopic (exact) mass is 260 g/mol. The van der Waals surface area contributed by atoms with Gasteiger partial charge in [-0.1, -0.05) is 37.3 Å². The molecule has 1 amide bonds. The number of hydrogen-bond donors (Lipinski definition) is 2. The van der Waals surface area contributed by atoms with Crippen molar-refractivity contribution < 1.29 is 9.90 Å². The van der Waals surface area contributed by atoms with E-state index in [1.807, 2.05) is 31.2 Å². The highest BCUT2D eigenvalue weighted by Crippen LogP contribution is 2.14. The number of aliphatic hydroxyl groups excluding tert-OH is 1. The molecule has 0 aliphatic carbocycles. The predicted molar refractivity (Wildman–Crippen MR) is 73.3 cm³/mol. The number of carbonyl (C=O) groups excluding carboxylic acids is 1. The predicted octanol–water partition coefficient (Wildman–Crippen LogP) is 1.82. The minimum absolute atomic E-state index is 0.165. The molecular weight excluding hydrogens is 240 g/mol. The van der Waals surface area contributed by atoms with Gasteiger partial charge in [-0.15, -0.1) is 0 Å². The van der Waals surface area contributed by atoms with Crippen molar-refractivity contribution in [2.75, 3.05) is 13.2 Å². The Kier molecular flexibility index (Phi) is 6.62. The summed E-state index contributed by atoms with van der Waals surface area (Å²) in [6.07, 6.45) is 1.67. The molecule has 1 rings (SSSR count). The molecule has 2 N–H and O–H groups in total. The number of benzene rings is 1. The maximum absolute atomic E-state index is 11.9. The number of amides is 1. The van der Waals surface area contributed by atoms with Crippen LogP contribution in [0, 0.1) is 17.2 Å². The zero-order valence-corrected chi connectivity index (χ0v) is 11.2. The summed E-state index contributed by atoms with van der Waals surface area (Å²) in [6.45, 7) is 2.66. The quantitative estimate of drug-likeness (QED) is 0.734. The molecule has 0 aliphatic rings. The van der Waals surface area contributed by atoms with Gasteiger partial charge in [-0.2, -0.15) is 5.26 Å². The fourth-order valence-electron chi connectivity index (χ4n) is 1.79. The second kappa shape index (κ2) is 8.28. The van der Waals surface area contributed by atoms with Crippen LogP contribution < -0.4 is 5.32 Å². The van der Waals surface area contributed by atoms with E-state index in [2.05, 4.69) is 5.32 Å². The van der Waals surface area contributed by atoms with Gasteiger partial charge in [0.05, 0.1) is 6.07 Å². The van der Waals surface area contributed by atoms with Crippen molar-refractivity contribution in [3.8, 4) is 6.07 Å². The standard InChI is InChI=1S/C15H20N2O2/c1-12(11-18)6-5-9-17-15(19)14(10-16)13-7-3-2-4-8-13/h2-4,7-8,12,14,18H,5-6,9,11H2,1H3,(H,17,19). The first-order valence-corrected chi connectivity index (χ1v) is 6.52. The summed E-state index contributed by atoms with van der Waals surface area (Å²) >= 11 is 0. The molecule has 0 radical (unpaired) electrons. The summed E-state index contributed by atoms with van der Waals surface area (Å²) in [5, 5.41) is 20.7. The molecule has 2 unspecified atom stereocenters. The van der Waals surface area contributed by atoms with Crippen molar-refractivity contribution in [3.05, 3.63) is 35.9 Å². The number of hydrogen-bond acceptors (Lipinski definition) is 3. The van der Waals surface area contributed by atoms with E-state index in [0.717, 1.165) is 12.8 Å². The van der Waals surface area contributed by atoms with Crippen molar-refractivity contribution in [2.45, 2.75) is 25.7 Å². The van der Waals surface area contributed by atoms with E-state index < -0.39 is 5.92 Å². The van der Waals surface area contributed by atoms with E-state index in [-0.39, 0.29) is 18.4 Å². The summed E-state index contributed by atoms with van der Waals surface area (Å²) in [7, 11) is 0. The van der Waals surface area contributed by atoms with E-state index in [1.54, 1.807) is 12.1 Å². The van der Waals surface area contributed by atoms with E-state index in [4.69, 9.17) is 10.4 Å². The fraction of sp³-hybridized carbons (Fsp3) is 0.467. The molecule has 1 aromatic carbocycles. The first-order chi connectivity index (χ1) is 9.19. The summed E-state index contributed by atoms with van der Waals surface area (Å²) in [4.78, 5) is 11.9. The van der Waals surface area contributed by atoms with Crippen molar-refractivity contribution >= 4 is 5.91 Å². The first-order valence-electron chi connectivity index (χ1n) is 6.52. The van der Waals surface area contributed by atoms with Gasteiger partial charge in [-0.05, 0) is 24.3 Å². The Bertz CT molecular complexity index is 426. The van der Waals surface area contributed by atoms with Crippen molar-refractivity contribution in [1.82, 2.24) is 5.32 Å². The lowest BCUT2D eigenvalue weighted by Crippen LogP contribution is -2.29. The normalized spacial score (nSPS) is 13.3. The molecule has 0 saturated carbocycles. The summed E-state index contributed by atoms with van der Waals surface area (Å²) in [5.41, 5.74) is 0.714. The maximum atomic E-state index is 11.9. The van der Waals surface area contributed by atoms with Gasteiger partial charge in [0.25, 0.3) is 0 Å². The number of nitrogens with zero attached hydrogens (tertiary/aromatic N) is 1. The van der Waals surface area contributed by atoms with Crippen LogP contribution in [0.3, 0.4) is 0 Å². The first kappa shape index (κ1) is 15.2. The highest BCUT2D eigenvalue weighted by Gasteiger charge is 2.19. The molecule has 0 bridgehead atoms. The van der Waals surface area contributed by atoms with Crippen LogP contribution in [0.25, 0.3) is 0 Å². The largest absolute Gasteiger partial charge is 0.396 e. The van der Waals surface area contributed by atoms with E-state index in [0.29, 0.717) is 12.1 Å². The van der Waals surface area contributed by atoms with Gasteiger partial charge < -0.3 is 10.4 Å². The average Bonchev–Trinajstić information content (AvgIpc) is 2.45. The van der Waals surface area contributed by atoms with Crippen LogP contribution in [0.2, 0.25) is 0 Å². The highest BCUT2D eigenvalue weighted by molar-refractivity contribution is 5.86. The van der Waals surface area contributed by atoms with Gasteiger partial charge in [-0.3, -0.25) is 4.79 Å². The third kappa shape index (κ3) is 5.11. The number of rotatable bonds is 7. The minimum atomic E-state index is -0.753. The third-order valence-corrected chi connectivity index (χ3v) is 3.01. The molecule has 4 nitrogen and oxygen atoms in total. The van der Waals surface area contributed by atoms with E-state index >= 15 is 0 Å². The topological polar surface area (TPSA) is 73.1 Å². The number of carbonyl (C=O) groups is 1. The van der Waals surface area contributed by atoms with Crippen LogP contribution in [-0.2, 0) is 4.79 Å². The molecular formula is C15H20N2O2. The van der Waals surface area contributed by atoms with Crippen LogP contribution in [0.15, 0.2) is 30.3 Å². The maximum Gasteiger partial charge on any atom is 0.241 e. The zero-order valence-electron chi connectivity index (χ0n) is 11.2. The van der Waals surface area contributed by atoms with E-state index in [9.17, 15) is 4.79 Å². The molecule has 0 saturated heterocycles. The number of nitriles is 1. The Balaban J connectivity index is 2.42. The molecule has 1 aromatic rings. The third-order valence-electron chi connectivity index (χ3n) is 3.01. The van der Waals surface area contributed by atoms with Crippen LogP contribution in [-0.4, -0.2) is 24.2 Å². The van der Waals surface area contributed by atoms with Gasteiger partial charge >= 0.3 is 0 Å². The van der Waals surface area contributed by atoms with Crippen LogP contribution >= 0.6 is 0 Å². The molecule has 0 aliphatic heterocycles. The molecule has 102 valence electrons. The highest BCUT2D eigenvalue weighted by atomic mass is 16.3. The van der Waals surface area contributed by atoms with Gasteiger partial charge in [0.15, 0.2) is 0 Å². The Morgan fingerprint density at radius 2 is 2.11 bits per heavy atom. The van der Waals surface area contributed by atoms with Crippen molar-refractivity contribution in [1.29, 1.82) is 5.26 Å². The summed E-state index contributed by atoms with van der Waals surface area (Å²) < 4.78 is 0. The van der Waals surface area contributed by atoms with Crippen LogP contribution in [0.4, 0.5) is 0 Å². The lowest BCUT2D eigenvalue weighted by Gasteiger charge is -2.11. The molecule has 2 atom stereocenters. The van der Waals surface area contributed by atoms with Gasteiger partial charge in [0.1, 0.15) is 5.92 Å². The SMILES string of the molecule is CC(CO)CCCNC(=O)C(C#N)c1ccccc1. The second-order valence-corrected chi connectivity index (χ2v) is 4.69. The van der Waals surface area contributed by atoms with Gasteiger partial charge in [-0.25, -0.2) is 0 Å². The van der Waals surface area contributed by atoms with Gasteiger partial charge in [0, 0.05) is 13.2 Å². The minimum Gasteiger partial charge on any atom is -0.396 e. The molecule has 0 fully saturated rings. The second-order valence-electron chi connectivity index (χ2n) is 4.69. The Morgan fingerprint density at radius 1 is 1.42 bits per heavy atom. The van der Waals surface area contributed by atoms with Gasteiger partial charge in [0.2, 0.25) is 5.91 Å². The number of nitrogens with one attached hydrogen (secondary N) is 1. The fourth-order valence-corrected chi connectivity index (χ4v) is 1.79. The van der Waals surface area contributed by atoms with E-state index in [1.165, 1.54) is 0 Å². The Hall–Kier alpha value is -1.86. The zero-order chi connectivity index (χ0) is 14.1. The lowest BCUT2D eigenvalue weighted by atomic mass is 10.00. The van der Waals surface area contributed by atoms with Crippen molar-refractivity contribution in [2.24, 2.45) is 5.92 Å². The average molecular weight is 260 g/mol. The molecule has 19 heavy (non-hydrogen) atoms. The molecule has 0 spiro atoms. The molecule has 0 heterocycles.